The molecular weight excluding hydrogens is 359 g/mol. The monoisotopic (exact) mass is 382 g/mol. The summed E-state index contributed by atoms with van der Waals surface area (Å²) in [6.45, 7) is 0.996. The molecular formula is C19H24ClFN2O3. The quantitative estimate of drug-likeness (QED) is 0.779. The Balaban J connectivity index is 1.60. The number of halogens is 2. The van der Waals surface area contributed by atoms with Gasteiger partial charge in [-0.1, -0.05) is 17.7 Å². The lowest BCUT2D eigenvalue weighted by molar-refractivity contribution is -0.142. The van der Waals surface area contributed by atoms with E-state index in [1.165, 1.54) is 12.1 Å². The highest BCUT2D eigenvalue weighted by Crippen LogP contribution is 2.31. The van der Waals surface area contributed by atoms with Gasteiger partial charge in [-0.15, -0.1) is 0 Å². The number of carbonyl (C=O) groups is 2. The zero-order chi connectivity index (χ0) is 18.7. The van der Waals surface area contributed by atoms with E-state index in [0.717, 1.165) is 18.4 Å². The highest BCUT2D eigenvalue weighted by Gasteiger charge is 2.30. The maximum atomic E-state index is 13.2. The van der Waals surface area contributed by atoms with Gasteiger partial charge in [0.1, 0.15) is 5.82 Å². The summed E-state index contributed by atoms with van der Waals surface area (Å²) in [5, 5.41) is 12.4. The van der Waals surface area contributed by atoms with Crippen LogP contribution in [0.25, 0.3) is 0 Å². The van der Waals surface area contributed by atoms with Crippen LogP contribution >= 0.6 is 11.6 Å². The molecule has 0 aliphatic heterocycles. The summed E-state index contributed by atoms with van der Waals surface area (Å²) in [7, 11) is 0. The third-order valence-corrected chi connectivity index (χ3v) is 5.59. The van der Waals surface area contributed by atoms with Crippen molar-refractivity contribution in [2.45, 2.75) is 51.1 Å². The smallest absolute Gasteiger partial charge is 0.317 e. The Kier molecular flexibility index (Phi) is 6.01. The summed E-state index contributed by atoms with van der Waals surface area (Å²) in [6.07, 6.45) is 4.77. The van der Waals surface area contributed by atoms with Crippen molar-refractivity contribution in [3.63, 3.8) is 0 Å². The summed E-state index contributed by atoms with van der Waals surface area (Å²) in [6, 6.07) is 4.07. The minimum absolute atomic E-state index is 0.00323. The van der Waals surface area contributed by atoms with E-state index < -0.39 is 11.8 Å². The van der Waals surface area contributed by atoms with Crippen molar-refractivity contribution in [1.82, 2.24) is 10.2 Å². The van der Waals surface area contributed by atoms with Crippen molar-refractivity contribution in [2.24, 2.45) is 11.8 Å². The molecule has 0 heterocycles. The van der Waals surface area contributed by atoms with Crippen LogP contribution in [0.4, 0.5) is 9.18 Å². The second kappa shape index (κ2) is 8.25. The number of aliphatic carboxylic acids is 1. The van der Waals surface area contributed by atoms with E-state index in [2.05, 4.69) is 5.32 Å². The molecule has 2 saturated carbocycles. The molecule has 0 radical (unpaired) electrons. The molecule has 2 aliphatic rings. The molecule has 0 aromatic heterocycles. The number of nitrogens with one attached hydrogen (secondary N) is 1. The number of rotatable bonds is 6. The lowest BCUT2D eigenvalue weighted by Crippen LogP contribution is -2.46. The zero-order valence-electron chi connectivity index (χ0n) is 14.6. The Morgan fingerprint density at radius 1 is 1.19 bits per heavy atom. The van der Waals surface area contributed by atoms with Gasteiger partial charge in [0.05, 0.1) is 5.92 Å². The SMILES string of the molecule is O=C(O)C1CCC(NC(=O)N(Cc2ccc(F)cc2Cl)CC2CC2)CC1. The van der Waals surface area contributed by atoms with E-state index in [9.17, 15) is 14.0 Å². The predicted molar refractivity (Wildman–Crippen MR) is 96.5 cm³/mol. The maximum Gasteiger partial charge on any atom is 0.317 e. The Hall–Kier alpha value is -1.82. The normalized spacial score (nSPS) is 22.7. The summed E-state index contributed by atoms with van der Waals surface area (Å²) >= 11 is 6.11. The molecule has 2 N–H and O–H groups in total. The second-order valence-corrected chi connectivity index (χ2v) is 7.80. The van der Waals surface area contributed by atoms with Gasteiger partial charge in [-0.3, -0.25) is 4.79 Å². The molecule has 0 atom stereocenters. The molecule has 5 nitrogen and oxygen atoms in total. The van der Waals surface area contributed by atoms with Gasteiger partial charge in [0.25, 0.3) is 0 Å². The van der Waals surface area contributed by atoms with Gasteiger partial charge in [0, 0.05) is 24.2 Å². The lowest BCUT2D eigenvalue weighted by atomic mass is 9.86. The van der Waals surface area contributed by atoms with Gasteiger partial charge >= 0.3 is 12.0 Å². The molecule has 3 rings (SSSR count). The molecule has 0 spiro atoms. The molecule has 1 aromatic carbocycles. The van der Waals surface area contributed by atoms with Gasteiger partial charge in [0.2, 0.25) is 0 Å². The molecule has 26 heavy (non-hydrogen) atoms. The molecule has 0 bridgehead atoms. The van der Waals surface area contributed by atoms with Crippen LogP contribution in [0.15, 0.2) is 18.2 Å². The maximum absolute atomic E-state index is 13.2. The minimum Gasteiger partial charge on any atom is -0.481 e. The number of amides is 2. The highest BCUT2D eigenvalue weighted by atomic mass is 35.5. The first-order valence-electron chi connectivity index (χ1n) is 9.14. The molecule has 2 fully saturated rings. The van der Waals surface area contributed by atoms with Gasteiger partial charge in [-0.25, -0.2) is 9.18 Å². The van der Waals surface area contributed by atoms with E-state index >= 15 is 0 Å². The van der Waals surface area contributed by atoms with Crippen LogP contribution in [0.2, 0.25) is 5.02 Å². The van der Waals surface area contributed by atoms with Crippen molar-refractivity contribution in [1.29, 1.82) is 0 Å². The number of urea groups is 1. The van der Waals surface area contributed by atoms with Crippen molar-refractivity contribution in [2.75, 3.05) is 6.54 Å². The number of hydrogen-bond acceptors (Lipinski definition) is 2. The molecule has 2 aliphatic carbocycles. The van der Waals surface area contributed by atoms with Crippen LogP contribution < -0.4 is 5.32 Å². The summed E-state index contributed by atoms with van der Waals surface area (Å²) in [5.41, 5.74) is 0.721. The van der Waals surface area contributed by atoms with Crippen molar-refractivity contribution in [3.8, 4) is 0 Å². The Morgan fingerprint density at radius 3 is 2.46 bits per heavy atom. The average Bonchev–Trinajstić information content (AvgIpc) is 3.41. The number of carboxylic acids is 1. The van der Waals surface area contributed by atoms with E-state index in [-0.39, 0.29) is 18.0 Å². The van der Waals surface area contributed by atoms with Crippen LogP contribution in [-0.4, -0.2) is 34.6 Å². The first kappa shape index (κ1) is 19.0. The Labute approximate surface area is 157 Å². The Morgan fingerprint density at radius 2 is 1.88 bits per heavy atom. The Bertz CT molecular complexity index is 673. The molecule has 0 unspecified atom stereocenters. The second-order valence-electron chi connectivity index (χ2n) is 7.40. The predicted octanol–water partition coefficient (Wildman–Crippen LogP) is 4.04. The first-order chi connectivity index (χ1) is 12.4. The number of hydrogen-bond donors (Lipinski definition) is 2. The van der Waals surface area contributed by atoms with E-state index in [1.54, 1.807) is 11.0 Å². The molecule has 1 aromatic rings. The molecule has 2 amide bonds. The minimum atomic E-state index is -0.754. The van der Waals surface area contributed by atoms with Gasteiger partial charge < -0.3 is 15.3 Å². The van der Waals surface area contributed by atoms with Crippen molar-refractivity contribution >= 4 is 23.6 Å². The van der Waals surface area contributed by atoms with Crippen LogP contribution in [-0.2, 0) is 11.3 Å². The average molecular weight is 383 g/mol. The van der Waals surface area contributed by atoms with Crippen molar-refractivity contribution in [3.05, 3.63) is 34.6 Å². The van der Waals surface area contributed by atoms with Gasteiger partial charge in [0.15, 0.2) is 0 Å². The molecule has 142 valence electrons. The van der Waals surface area contributed by atoms with Crippen LogP contribution in [0.5, 0.6) is 0 Å². The fourth-order valence-corrected chi connectivity index (χ4v) is 3.66. The third-order valence-electron chi connectivity index (χ3n) is 5.24. The zero-order valence-corrected chi connectivity index (χ0v) is 15.3. The standard InChI is InChI=1S/C19H24ClFN2O3/c20-17-9-15(21)6-3-14(17)11-23(10-12-1-2-12)19(26)22-16-7-4-13(5-8-16)18(24)25/h3,6,9,12-13,16H,1-2,4-5,7-8,10-11H2,(H,22,26)(H,24,25). The van der Waals surface area contributed by atoms with E-state index in [1.807, 2.05) is 0 Å². The highest BCUT2D eigenvalue weighted by molar-refractivity contribution is 6.31. The third kappa shape index (κ3) is 5.10. The summed E-state index contributed by atoms with van der Waals surface area (Å²) in [5.74, 6) is -0.935. The summed E-state index contributed by atoms with van der Waals surface area (Å²) < 4.78 is 13.2. The van der Waals surface area contributed by atoms with Crippen LogP contribution in [0.3, 0.4) is 0 Å². The van der Waals surface area contributed by atoms with Crippen LogP contribution in [0, 0.1) is 17.7 Å². The topological polar surface area (TPSA) is 69.6 Å². The number of carbonyl (C=O) groups excluding carboxylic acids is 1. The van der Waals surface area contributed by atoms with Crippen molar-refractivity contribution < 1.29 is 19.1 Å². The number of carboxylic acid groups (broad SMARTS) is 1. The fourth-order valence-electron chi connectivity index (χ4n) is 3.44. The molecule has 7 heteroatoms. The number of nitrogens with zero attached hydrogens (tertiary/aromatic N) is 1. The summed E-state index contributed by atoms with van der Waals surface area (Å²) in [4.78, 5) is 25.5. The fraction of sp³-hybridized carbons (Fsp3) is 0.579. The van der Waals surface area contributed by atoms with E-state index in [4.69, 9.17) is 16.7 Å². The largest absolute Gasteiger partial charge is 0.481 e. The van der Waals surface area contributed by atoms with Gasteiger partial charge in [-0.05, 0) is 62.1 Å². The number of benzene rings is 1. The first-order valence-corrected chi connectivity index (χ1v) is 9.52. The van der Waals surface area contributed by atoms with Gasteiger partial charge in [-0.2, -0.15) is 0 Å². The van der Waals surface area contributed by atoms with E-state index in [0.29, 0.717) is 49.7 Å². The van der Waals surface area contributed by atoms with Crippen LogP contribution in [0.1, 0.15) is 44.1 Å². The lowest BCUT2D eigenvalue weighted by Gasteiger charge is -2.30. The molecule has 0 saturated heterocycles.